The van der Waals surface area contributed by atoms with Crippen LogP contribution in [0.1, 0.15) is 18.0 Å². The summed E-state index contributed by atoms with van der Waals surface area (Å²) in [6, 6.07) is -1.46. The highest BCUT2D eigenvalue weighted by atomic mass is 35.5. The Balaban J connectivity index is 1.45. The van der Waals surface area contributed by atoms with E-state index in [1.807, 2.05) is 6.92 Å². The third kappa shape index (κ3) is 4.31. The van der Waals surface area contributed by atoms with Gasteiger partial charge in [-0.15, -0.1) is 22.0 Å². The highest BCUT2D eigenvalue weighted by molar-refractivity contribution is 8.01. The minimum Gasteiger partial charge on any atom is -0.477 e. The zero-order valence-corrected chi connectivity index (χ0v) is 19.5. The Morgan fingerprint density at radius 1 is 1.45 bits per heavy atom. The van der Waals surface area contributed by atoms with Gasteiger partial charge in [-0.3, -0.25) is 19.2 Å². The fraction of sp³-hybridized carbons (Fsp3) is 0.412. The Morgan fingerprint density at radius 2 is 2.23 bits per heavy atom. The van der Waals surface area contributed by atoms with Crippen LogP contribution in [0.2, 0.25) is 5.02 Å². The molecule has 164 valence electrons. The average Bonchev–Trinajstić information content (AvgIpc) is 3.36. The van der Waals surface area contributed by atoms with Crippen molar-refractivity contribution in [3.8, 4) is 0 Å². The zero-order chi connectivity index (χ0) is 22.3. The second-order valence-corrected chi connectivity index (χ2v) is 10.8. The lowest BCUT2D eigenvalue weighted by Crippen LogP contribution is -2.71. The molecule has 10 nitrogen and oxygen atoms in total. The predicted octanol–water partition coefficient (Wildman–Crippen LogP) is 1.79. The van der Waals surface area contributed by atoms with Crippen molar-refractivity contribution in [3.05, 3.63) is 33.7 Å². The van der Waals surface area contributed by atoms with Crippen LogP contribution in [0.5, 0.6) is 0 Å². The van der Waals surface area contributed by atoms with Gasteiger partial charge in [0.1, 0.15) is 28.2 Å². The van der Waals surface area contributed by atoms with Gasteiger partial charge in [0.15, 0.2) is 4.34 Å². The number of rotatable bonds is 7. The Hall–Kier alpha value is -2.09. The molecular weight excluding hydrogens is 484 g/mol. The second-order valence-electron chi connectivity index (χ2n) is 6.84. The van der Waals surface area contributed by atoms with E-state index in [-0.39, 0.29) is 5.70 Å². The van der Waals surface area contributed by atoms with Crippen LogP contribution in [-0.4, -0.2) is 70.7 Å². The number of carboxylic acid groups (broad SMARTS) is 1. The Morgan fingerprint density at radius 3 is 2.84 bits per heavy atom. The van der Waals surface area contributed by atoms with Crippen molar-refractivity contribution in [3.63, 3.8) is 0 Å². The molecule has 14 heteroatoms. The fourth-order valence-electron chi connectivity index (χ4n) is 3.20. The lowest BCUT2D eigenvalue weighted by atomic mass is 10.0. The van der Waals surface area contributed by atoms with Gasteiger partial charge in [-0.2, -0.15) is 5.10 Å². The minimum absolute atomic E-state index is 0.0140. The van der Waals surface area contributed by atoms with Crippen molar-refractivity contribution in [2.75, 3.05) is 11.5 Å². The maximum absolute atomic E-state index is 12.8. The molecule has 0 aliphatic carbocycles. The first-order chi connectivity index (χ1) is 14.8. The number of amides is 2. The van der Waals surface area contributed by atoms with E-state index in [9.17, 15) is 19.5 Å². The standard InChI is InChI=1S/C17H17ClN6O4S3/c1-7(23-4-10(18)3-19-23)13(25)20-11-14(26)24-12(16(27)28)9(5-29-15(11)24)6-30-17-22-21-8(2)31-17/h3-4,7,11,15H,5-6H2,1-2H3,(H,20,25)(H,27,28)/t7-,11-,15-/m0/s1. The summed E-state index contributed by atoms with van der Waals surface area (Å²) < 4.78 is 2.15. The first-order valence-electron chi connectivity index (χ1n) is 9.09. The molecular formula is C17H17ClN6O4S3. The van der Waals surface area contributed by atoms with Gasteiger partial charge in [0, 0.05) is 17.7 Å². The SMILES string of the molecule is Cc1nnc(SCC2=C(C(=O)O)N3C(=O)[C@H](NC(=O)[C@H](C)n4cc(Cl)cn4)[C@@H]3SC2)s1. The van der Waals surface area contributed by atoms with Crippen molar-refractivity contribution >= 4 is 64.2 Å². The largest absolute Gasteiger partial charge is 0.477 e. The van der Waals surface area contributed by atoms with Crippen LogP contribution in [0.3, 0.4) is 0 Å². The van der Waals surface area contributed by atoms with Crippen LogP contribution >= 0.6 is 46.5 Å². The molecule has 0 unspecified atom stereocenters. The van der Waals surface area contributed by atoms with Gasteiger partial charge in [-0.1, -0.05) is 34.7 Å². The molecule has 1 saturated heterocycles. The molecule has 3 atom stereocenters. The van der Waals surface area contributed by atoms with Crippen LogP contribution in [0.25, 0.3) is 0 Å². The third-order valence-electron chi connectivity index (χ3n) is 4.77. The van der Waals surface area contributed by atoms with Gasteiger partial charge < -0.3 is 10.4 Å². The molecule has 0 spiro atoms. The number of halogens is 1. The molecule has 4 heterocycles. The van der Waals surface area contributed by atoms with Crippen molar-refractivity contribution in [1.29, 1.82) is 0 Å². The second kappa shape index (κ2) is 8.81. The number of fused-ring (bicyclic) bond motifs is 1. The van der Waals surface area contributed by atoms with Gasteiger partial charge in [0.2, 0.25) is 5.91 Å². The number of nitrogens with one attached hydrogen (secondary N) is 1. The number of thioether (sulfide) groups is 2. The lowest BCUT2D eigenvalue weighted by Gasteiger charge is -2.49. The number of carbonyl (C=O) groups excluding carboxylic acids is 2. The van der Waals surface area contributed by atoms with E-state index in [4.69, 9.17) is 11.6 Å². The van der Waals surface area contributed by atoms with Crippen molar-refractivity contribution in [1.82, 2.24) is 30.2 Å². The molecule has 2 aromatic heterocycles. The van der Waals surface area contributed by atoms with E-state index in [0.29, 0.717) is 22.1 Å². The third-order valence-corrected chi connectivity index (χ3v) is 8.36. The molecule has 0 aromatic carbocycles. The van der Waals surface area contributed by atoms with E-state index in [0.717, 1.165) is 9.35 Å². The van der Waals surface area contributed by atoms with Gasteiger partial charge in [-0.05, 0) is 19.4 Å². The molecule has 0 radical (unpaired) electrons. The summed E-state index contributed by atoms with van der Waals surface area (Å²) in [5.41, 5.74) is 0.629. The van der Waals surface area contributed by atoms with Crippen molar-refractivity contribution in [2.45, 2.75) is 35.6 Å². The number of nitrogens with zero attached hydrogens (tertiary/aromatic N) is 5. The average molecular weight is 501 g/mol. The van der Waals surface area contributed by atoms with E-state index in [1.54, 1.807) is 6.92 Å². The van der Waals surface area contributed by atoms with Crippen molar-refractivity contribution < 1.29 is 19.5 Å². The smallest absolute Gasteiger partial charge is 0.352 e. The molecule has 4 rings (SSSR count). The number of β-lactam (4-membered cyclic amide) rings is 1. The molecule has 1 fully saturated rings. The highest BCUT2D eigenvalue weighted by Gasteiger charge is 2.54. The van der Waals surface area contributed by atoms with Crippen LogP contribution in [0.4, 0.5) is 0 Å². The van der Waals surface area contributed by atoms with Gasteiger partial charge >= 0.3 is 5.97 Å². The van der Waals surface area contributed by atoms with E-state index in [2.05, 4.69) is 20.6 Å². The predicted molar refractivity (Wildman–Crippen MR) is 117 cm³/mol. The van der Waals surface area contributed by atoms with Crippen LogP contribution in [0, 0.1) is 6.92 Å². The number of aliphatic carboxylic acids is 1. The Labute approximate surface area is 194 Å². The van der Waals surface area contributed by atoms with Crippen molar-refractivity contribution in [2.24, 2.45) is 0 Å². The highest BCUT2D eigenvalue weighted by Crippen LogP contribution is 2.41. The summed E-state index contributed by atoms with van der Waals surface area (Å²) in [6.45, 7) is 3.49. The van der Waals surface area contributed by atoms with E-state index < -0.39 is 35.2 Å². The summed E-state index contributed by atoms with van der Waals surface area (Å²) in [6.07, 6.45) is 2.94. The normalized spacial score (nSPS) is 21.5. The van der Waals surface area contributed by atoms with Crippen LogP contribution < -0.4 is 5.32 Å². The summed E-state index contributed by atoms with van der Waals surface area (Å²) >= 11 is 10.1. The number of carbonyl (C=O) groups is 3. The number of hydrogen-bond acceptors (Lipinski definition) is 9. The maximum atomic E-state index is 12.8. The molecule has 2 N–H and O–H groups in total. The lowest BCUT2D eigenvalue weighted by molar-refractivity contribution is -0.151. The first-order valence-corrected chi connectivity index (χ1v) is 12.3. The van der Waals surface area contributed by atoms with Gasteiger partial charge in [0.25, 0.3) is 5.91 Å². The van der Waals surface area contributed by atoms with Crippen LogP contribution in [-0.2, 0) is 14.4 Å². The minimum atomic E-state index is -1.16. The van der Waals surface area contributed by atoms with E-state index in [1.165, 1.54) is 56.8 Å². The number of aromatic nitrogens is 4. The van der Waals surface area contributed by atoms with E-state index >= 15 is 0 Å². The quantitative estimate of drug-likeness (QED) is 0.431. The Bertz CT molecular complexity index is 1090. The molecule has 2 aliphatic rings. The molecule has 0 bridgehead atoms. The Kier molecular flexibility index (Phi) is 6.28. The van der Waals surface area contributed by atoms with Gasteiger partial charge in [0.05, 0.1) is 11.2 Å². The molecule has 0 saturated carbocycles. The molecule has 2 amide bonds. The summed E-state index contributed by atoms with van der Waals surface area (Å²) in [5.74, 6) is -1.16. The number of aryl methyl sites for hydroxylation is 1. The maximum Gasteiger partial charge on any atom is 0.352 e. The summed E-state index contributed by atoms with van der Waals surface area (Å²) in [5, 5.41) is 25.2. The molecule has 2 aliphatic heterocycles. The first kappa shape index (κ1) is 22.1. The zero-order valence-electron chi connectivity index (χ0n) is 16.3. The fourth-order valence-corrected chi connectivity index (χ4v) is 6.64. The number of hydrogen-bond donors (Lipinski definition) is 2. The topological polar surface area (TPSA) is 130 Å². The number of carboxylic acids is 1. The summed E-state index contributed by atoms with van der Waals surface area (Å²) in [4.78, 5) is 38.5. The summed E-state index contributed by atoms with van der Waals surface area (Å²) in [7, 11) is 0. The monoisotopic (exact) mass is 500 g/mol. The van der Waals surface area contributed by atoms with Crippen LogP contribution in [0.15, 0.2) is 28.0 Å². The van der Waals surface area contributed by atoms with Gasteiger partial charge in [-0.25, -0.2) is 4.79 Å². The molecule has 31 heavy (non-hydrogen) atoms. The molecule has 2 aromatic rings.